The molecule has 3 aromatic rings. The second kappa shape index (κ2) is 9.20. The quantitative estimate of drug-likeness (QED) is 0.341. The maximum absolute atomic E-state index is 13.6. The minimum Gasteiger partial charge on any atom is -0.465 e. The normalized spacial score (nSPS) is 21.4. The number of rotatable bonds is 4. The molecule has 3 aromatic carbocycles. The van der Waals surface area contributed by atoms with Gasteiger partial charge in [0.05, 0.1) is 35.7 Å². The van der Waals surface area contributed by atoms with Crippen LogP contribution in [-0.4, -0.2) is 31.0 Å². The van der Waals surface area contributed by atoms with Crippen molar-refractivity contribution in [1.82, 2.24) is 0 Å². The number of carbonyl (C=O) groups is 3. The van der Waals surface area contributed by atoms with Gasteiger partial charge in [0, 0.05) is 5.02 Å². The molecule has 0 radical (unpaired) electrons. The largest absolute Gasteiger partial charge is 0.465 e. The van der Waals surface area contributed by atoms with Crippen molar-refractivity contribution in [2.45, 2.75) is 18.3 Å². The van der Waals surface area contributed by atoms with Crippen molar-refractivity contribution in [3.05, 3.63) is 94.5 Å². The molecule has 0 unspecified atom stereocenters. The monoisotopic (exact) mass is 530 g/mol. The van der Waals surface area contributed by atoms with Crippen LogP contribution >= 0.6 is 11.6 Å². The Balaban J connectivity index is 1.53. The summed E-state index contributed by atoms with van der Waals surface area (Å²) >= 11 is 5.99. The second-order valence-corrected chi connectivity index (χ2v) is 8.91. The molecule has 0 saturated carbocycles. The van der Waals surface area contributed by atoms with E-state index in [2.05, 4.69) is 4.74 Å². The van der Waals surface area contributed by atoms with E-state index in [0.717, 1.165) is 17.0 Å². The number of carbonyl (C=O) groups excluding carboxylic acids is 3. The molecule has 0 aromatic heterocycles. The Hall–Kier alpha value is -3.89. The Kier molecular flexibility index (Phi) is 6.17. The molecule has 7 nitrogen and oxygen atoms in total. The van der Waals surface area contributed by atoms with Crippen LogP contribution in [0.2, 0.25) is 5.02 Å². The summed E-state index contributed by atoms with van der Waals surface area (Å²) in [4.78, 5) is 45.7. The number of hydrogen-bond acceptors (Lipinski definition) is 6. The van der Waals surface area contributed by atoms with Crippen molar-refractivity contribution in [1.29, 1.82) is 0 Å². The van der Waals surface area contributed by atoms with E-state index < -0.39 is 47.6 Å². The lowest BCUT2D eigenvalue weighted by Gasteiger charge is -2.29. The van der Waals surface area contributed by atoms with Gasteiger partial charge in [0.25, 0.3) is 5.91 Å². The molecule has 0 spiro atoms. The van der Waals surface area contributed by atoms with Crippen molar-refractivity contribution in [2.75, 3.05) is 17.1 Å². The molecule has 2 amide bonds. The zero-order valence-electron chi connectivity index (χ0n) is 19.1. The van der Waals surface area contributed by atoms with Crippen LogP contribution in [0.1, 0.15) is 27.5 Å². The Morgan fingerprint density at radius 3 is 2.05 bits per heavy atom. The molecule has 2 saturated heterocycles. The van der Waals surface area contributed by atoms with Gasteiger partial charge in [0.1, 0.15) is 5.92 Å². The van der Waals surface area contributed by atoms with Gasteiger partial charge in [-0.25, -0.2) is 14.8 Å². The van der Waals surface area contributed by atoms with Crippen LogP contribution in [0.5, 0.6) is 0 Å². The third kappa shape index (κ3) is 4.32. The second-order valence-electron chi connectivity index (χ2n) is 8.47. The minimum atomic E-state index is -4.53. The summed E-state index contributed by atoms with van der Waals surface area (Å²) in [5.74, 6) is -2.83. The molecule has 3 atom stereocenters. The molecule has 0 aliphatic carbocycles. The van der Waals surface area contributed by atoms with Gasteiger partial charge in [0.2, 0.25) is 5.91 Å². The molecule has 2 aliphatic rings. The number of fused-ring (bicyclic) bond motifs is 1. The maximum atomic E-state index is 13.6. The van der Waals surface area contributed by atoms with Crippen LogP contribution in [0.3, 0.4) is 0 Å². The summed E-state index contributed by atoms with van der Waals surface area (Å²) in [6.45, 7) is 0. The third-order valence-corrected chi connectivity index (χ3v) is 6.57. The van der Waals surface area contributed by atoms with Gasteiger partial charge in [-0.1, -0.05) is 23.7 Å². The first-order chi connectivity index (χ1) is 17.6. The lowest BCUT2D eigenvalue weighted by atomic mass is 9.90. The van der Waals surface area contributed by atoms with E-state index in [0.29, 0.717) is 16.3 Å². The van der Waals surface area contributed by atoms with E-state index in [4.69, 9.17) is 16.4 Å². The number of imide groups is 1. The van der Waals surface area contributed by atoms with E-state index in [1.54, 1.807) is 24.3 Å². The van der Waals surface area contributed by atoms with E-state index in [1.165, 1.54) is 48.6 Å². The summed E-state index contributed by atoms with van der Waals surface area (Å²) in [6, 6.07) is 15.6. The highest BCUT2D eigenvalue weighted by atomic mass is 35.5. The topological polar surface area (TPSA) is 76.2 Å². The van der Waals surface area contributed by atoms with Gasteiger partial charge >= 0.3 is 12.1 Å². The van der Waals surface area contributed by atoms with Gasteiger partial charge in [-0.15, -0.1) is 0 Å². The van der Waals surface area contributed by atoms with Crippen molar-refractivity contribution in [3.63, 3.8) is 0 Å². The van der Waals surface area contributed by atoms with E-state index in [-0.39, 0.29) is 11.3 Å². The molecule has 190 valence electrons. The fourth-order valence-electron chi connectivity index (χ4n) is 4.55. The molecule has 2 fully saturated rings. The smallest absolute Gasteiger partial charge is 0.416 e. The van der Waals surface area contributed by atoms with Crippen LogP contribution in [-0.2, 0) is 25.3 Å². The summed E-state index contributed by atoms with van der Waals surface area (Å²) in [5.41, 5.74) is 0.451. The van der Waals surface area contributed by atoms with Crippen LogP contribution in [0.4, 0.5) is 24.5 Å². The Morgan fingerprint density at radius 2 is 1.49 bits per heavy atom. The SMILES string of the molecule is COC(=O)c1ccc(N2C(=O)[C@@H]3[C@@H](ON(c4ccc(Cl)cc4)[C@H]3c3ccc(C(F)(F)F)cc3)C2=O)cc1. The Morgan fingerprint density at radius 1 is 0.892 bits per heavy atom. The number of nitrogens with zero attached hydrogens (tertiary/aromatic N) is 2. The number of amides is 2. The predicted octanol–water partition coefficient (Wildman–Crippen LogP) is 5.20. The van der Waals surface area contributed by atoms with E-state index >= 15 is 0 Å². The van der Waals surface area contributed by atoms with Crippen LogP contribution in [0, 0.1) is 5.92 Å². The van der Waals surface area contributed by atoms with Gasteiger partial charge in [-0.3, -0.25) is 14.4 Å². The Bertz CT molecular complexity index is 1360. The number of halogens is 4. The number of benzene rings is 3. The van der Waals surface area contributed by atoms with Gasteiger partial charge in [-0.2, -0.15) is 13.2 Å². The lowest BCUT2D eigenvalue weighted by molar-refractivity contribution is -0.137. The van der Waals surface area contributed by atoms with Crippen LogP contribution in [0.25, 0.3) is 0 Å². The molecular formula is C26H18ClF3N2O5. The summed E-state index contributed by atoms with van der Waals surface area (Å²) in [5, 5.41) is 1.81. The van der Waals surface area contributed by atoms with Gasteiger partial charge in [-0.05, 0) is 66.2 Å². The fourth-order valence-corrected chi connectivity index (χ4v) is 4.68. The number of alkyl halides is 3. The molecule has 2 aliphatic heterocycles. The zero-order valence-corrected chi connectivity index (χ0v) is 19.9. The average Bonchev–Trinajstić information content (AvgIpc) is 3.39. The van der Waals surface area contributed by atoms with E-state index in [9.17, 15) is 27.6 Å². The highest BCUT2D eigenvalue weighted by molar-refractivity contribution is 6.30. The highest BCUT2D eigenvalue weighted by Crippen LogP contribution is 2.48. The third-order valence-electron chi connectivity index (χ3n) is 6.32. The lowest BCUT2D eigenvalue weighted by Crippen LogP contribution is -2.37. The summed E-state index contributed by atoms with van der Waals surface area (Å²) in [7, 11) is 1.23. The van der Waals surface area contributed by atoms with Gasteiger partial charge in [0.15, 0.2) is 6.10 Å². The molecule has 0 N–H and O–H groups in total. The first kappa shape index (κ1) is 24.8. The van der Waals surface area contributed by atoms with Crippen molar-refractivity contribution >= 4 is 40.8 Å². The number of hydroxylamine groups is 1. The number of esters is 1. The zero-order chi connectivity index (χ0) is 26.5. The number of anilines is 2. The number of ether oxygens (including phenoxy) is 1. The van der Waals surface area contributed by atoms with Gasteiger partial charge < -0.3 is 4.74 Å². The molecule has 5 rings (SSSR count). The first-order valence-corrected chi connectivity index (χ1v) is 11.4. The standard InChI is InChI=1S/C26H18ClF3N2O5/c1-36-25(35)15-4-10-18(11-5-15)31-23(33)20-21(14-2-6-16(7-3-14)26(28,29)30)32(37-22(20)24(31)34)19-12-8-17(27)9-13-19/h2-13,20-22H,1H3/t20-,21-,22+/m0/s1. The number of hydrogen-bond donors (Lipinski definition) is 0. The molecule has 2 heterocycles. The summed E-state index contributed by atoms with van der Waals surface area (Å²) in [6.07, 6.45) is -5.74. The van der Waals surface area contributed by atoms with Crippen molar-refractivity contribution < 1.29 is 37.1 Å². The number of methoxy groups -OCH3 is 1. The average molecular weight is 531 g/mol. The van der Waals surface area contributed by atoms with Crippen molar-refractivity contribution in [3.8, 4) is 0 Å². The molecule has 0 bridgehead atoms. The van der Waals surface area contributed by atoms with Crippen LogP contribution in [0.15, 0.2) is 72.8 Å². The Labute approximate surface area is 213 Å². The maximum Gasteiger partial charge on any atom is 0.416 e. The van der Waals surface area contributed by atoms with Crippen LogP contribution < -0.4 is 9.96 Å². The molecule has 37 heavy (non-hydrogen) atoms. The predicted molar refractivity (Wildman–Crippen MR) is 127 cm³/mol. The van der Waals surface area contributed by atoms with Crippen molar-refractivity contribution in [2.24, 2.45) is 5.92 Å². The fraction of sp³-hybridized carbons (Fsp3) is 0.192. The van der Waals surface area contributed by atoms with E-state index in [1.807, 2.05) is 0 Å². The summed E-state index contributed by atoms with van der Waals surface area (Å²) < 4.78 is 44.2. The molecular weight excluding hydrogens is 513 g/mol. The highest BCUT2D eigenvalue weighted by Gasteiger charge is 2.60. The first-order valence-electron chi connectivity index (χ1n) is 11.0. The molecule has 11 heteroatoms. The minimum absolute atomic E-state index is 0.227.